The number of hydrogen-bond acceptors (Lipinski definition) is 3. The second kappa shape index (κ2) is 7.65. The molecule has 0 aromatic heterocycles. The van der Waals surface area contributed by atoms with Crippen LogP contribution < -0.4 is 5.32 Å². The van der Waals surface area contributed by atoms with Gasteiger partial charge in [0.2, 0.25) is 0 Å². The summed E-state index contributed by atoms with van der Waals surface area (Å²) >= 11 is 0. The van der Waals surface area contributed by atoms with Crippen molar-refractivity contribution in [2.75, 3.05) is 51.1 Å². The highest BCUT2D eigenvalue weighted by Gasteiger charge is 2.16. The Hall–Kier alpha value is -1.06. The molecule has 1 aromatic rings. The predicted octanol–water partition coefficient (Wildman–Crippen LogP) is 2.68. The van der Waals surface area contributed by atoms with Gasteiger partial charge in [0.05, 0.1) is 0 Å². The van der Waals surface area contributed by atoms with E-state index in [2.05, 4.69) is 60.2 Å². The quantitative estimate of drug-likeness (QED) is 0.861. The van der Waals surface area contributed by atoms with Gasteiger partial charge in [-0.05, 0) is 30.5 Å². The molecule has 0 aliphatic carbocycles. The van der Waals surface area contributed by atoms with E-state index in [-0.39, 0.29) is 0 Å². The zero-order valence-corrected chi connectivity index (χ0v) is 13.2. The Morgan fingerprint density at radius 3 is 2.45 bits per heavy atom. The lowest BCUT2D eigenvalue weighted by Crippen LogP contribution is -2.48. The predicted molar refractivity (Wildman–Crippen MR) is 87.4 cm³/mol. The number of hydrogen-bond donors (Lipinski definition) is 1. The fourth-order valence-corrected chi connectivity index (χ4v) is 2.83. The average Bonchev–Trinajstić information content (AvgIpc) is 2.40. The molecule has 1 N–H and O–H groups in total. The molecule has 0 amide bonds. The number of benzene rings is 1. The highest BCUT2D eigenvalue weighted by molar-refractivity contribution is 5.45. The smallest absolute Gasteiger partial charge is 0.0343 e. The van der Waals surface area contributed by atoms with Crippen LogP contribution in [0, 0.1) is 12.8 Å². The van der Waals surface area contributed by atoms with E-state index in [0.717, 1.165) is 19.0 Å². The summed E-state index contributed by atoms with van der Waals surface area (Å²) in [6.07, 6.45) is 0. The van der Waals surface area contributed by atoms with Crippen LogP contribution in [0.25, 0.3) is 0 Å². The molecular weight excluding hydrogens is 246 g/mol. The lowest BCUT2D eigenvalue weighted by Gasteiger charge is -2.35. The number of aryl methyl sites for hydroxylation is 1. The van der Waals surface area contributed by atoms with Gasteiger partial charge in [0, 0.05) is 51.5 Å². The van der Waals surface area contributed by atoms with Crippen LogP contribution in [0.1, 0.15) is 19.4 Å². The summed E-state index contributed by atoms with van der Waals surface area (Å²) < 4.78 is 0. The van der Waals surface area contributed by atoms with Gasteiger partial charge in [0.15, 0.2) is 0 Å². The SMILES string of the molecule is Cc1cccc(NCCN2CCN(CC(C)C)CC2)c1. The van der Waals surface area contributed by atoms with Crippen LogP contribution in [0.5, 0.6) is 0 Å². The molecule has 112 valence electrons. The van der Waals surface area contributed by atoms with Crippen LogP contribution in [0.4, 0.5) is 5.69 Å². The first-order valence-corrected chi connectivity index (χ1v) is 7.89. The monoisotopic (exact) mass is 275 g/mol. The highest BCUT2D eigenvalue weighted by Crippen LogP contribution is 2.09. The Bertz CT molecular complexity index is 395. The molecule has 20 heavy (non-hydrogen) atoms. The standard InChI is InChI=1S/C17H29N3/c1-15(2)14-20-11-9-19(10-12-20)8-7-18-17-6-4-5-16(3)13-17/h4-6,13,15,18H,7-12,14H2,1-3H3. The largest absolute Gasteiger partial charge is 0.384 e. The van der Waals surface area contributed by atoms with Gasteiger partial charge in [0.1, 0.15) is 0 Å². The summed E-state index contributed by atoms with van der Waals surface area (Å²) in [5.74, 6) is 0.782. The number of nitrogens with one attached hydrogen (secondary N) is 1. The Morgan fingerprint density at radius 2 is 1.80 bits per heavy atom. The molecule has 0 bridgehead atoms. The van der Waals surface area contributed by atoms with Crippen molar-refractivity contribution in [2.45, 2.75) is 20.8 Å². The summed E-state index contributed by atoms with van der Waals surface area (Å²) in [5, 5.41) is 3.52. The Balaban J connectivity index is 1.64. The Kier molecular flexibility index (Phi) is 5.86. The minimum absolute atomic E-state index is 0.782. The summed E-state index contributed by atoms with van der Waals surface area (Å²) in [6.45, 7) is 15.0. The van der Waals surface area contributed by atoms with Gasteiger partial charge in [-0.1, -0.05) is 26.0 Å². The first kappa shape index (κ1) is 15.3. The van der Waals surface area contributed by atoms with Gasteiger partial charge in [-0.25, -0.2) is 0 Å². The van der Waals surface area contributed by atoms with Gasteiger partial charge in [-0.15, -0.1) is 0 Å². The number of rotatable bonds is 6. The summed E-state index contributed by atoms with van der Waals surface area (Å²) in [4.78, 5) is 5.16. The van der Waals surface area contributed by atoms with Crippen molar-refractivity contribution in [2.24, 2.45) is 5.92 Å². The fourth-order valence-electron chi connectivity index (χ4n) is 2.83. The zero-order chi connectivity index (χ0) is 14.4. The van der Waals surface area contributed by atoms with E-state index >= 15 is 0 Å². The van der Waals surface area contributed by atoms with Gasteiger partial charge in [0.25, 0.3) is 0 Å². The molecule has 1 aliphatic heterocycles. The third kappa shape index (κ3) is 5.14. The normalized spacial score (nSPS) is 17.6. The maximum absolute atomic E-state index is 3.52. The molecule has 1 aromatic carbocycles. The van der Waals surface area contributed by atoms with Gasteiger partial charge < -0.3 is 10.2 Å². The molecule has 0 saturated carbocycles. The molecule has 0 radical (unpaired) electrons. The van der Waals surface area contributed by atoms with E-state index in [1.807, 2.05) is 0 Å². The molecule has 0 spiro atoms. The lowest BCUT2D eigenvalue weighted by atomic mass is 10.2. The number of anilines is 1. The minimum atomic E-state index is 0.782. The molecule has 1 aliphatic rings. The maximum Gasteiger partial charge on any atom is 0.0343 e. The molecule has 3 heteroatoms. The second-order valence-corrected chi connectivity index (χ2v) is 6.33. The highest BCUT2D eigenvalue weighted by atomic mass is 15.3. The van der Waals surface area contributed by atoms with Crippen molar-refractivity contribution in [3.8, 4) is 0 Å². The minimum Gasteiger partial charge on any atom is -0.384 e. The zero-order valence-electron chi connectivity index (χ0n) is 13.2. The third-order valence-electron chi connectivity index (χ3n) is 3.86. The van der Waals surface area contributed by atoms with E-state index in [0.29, 0.717) is 0 Å². The fraction of sp³-hybridized carbons (Fsp3) is 0.647. The first-order valence-electron chi connectivity index (χ1n) is 7.89. The van der Waals surface area contributed by atoms with E-state index in [9.17, 15) is 0 Å². The van der Waals surface area contributed by atoms with Crippen molar-refractivity contribution >= 4 is 5.69 Å². The molecule has 1 fully saturated rings. The summed E-state index contributed by atoms with van der Waals surface area (Å²) in [7, 11) is 0. The van der Waals surface area contributed by atoms with Crippen molar-refractivity contribution in [1.82, 2.24) is 9.80 Å². The van der Waals surface area contributed by atoms with Crippen molar-refractivity contribution < 1.29 is 0 Å². The molecule has 3 nitrogen and oxygen atoms in total. The topological polar surface area (TPSA) is 18.5 Å². The second-order valence-electron chi connectivity index (χ2n) is 6.33. The Morgan fingerprint density at radius 1 is 1.10 bits per heavy atom. The van der Waals surface area contributed by atoms with Gasteiger partial charge in [-0.2, -0.15) is 0 Å². The first-order chi connectivity index (χ1) is 9.63. The van der Waals surface area contributed by atoms with E-state index in [1.165, 1.54) is 44.0 Å². The van der Waals surface area contributed by atoms with E-state index in [1.54, 1.807) is 0 Å². The maximum atomic E-state index is 3.52. The molecule has 0 unspecified atom stereocenters. The van der Waals surface area contributed by atoms with Crippen molar-refractivity contribution in [1.29, 1.82) is 0 Å². The van der Waals surface area contributed by atoms with Crippen LogP contribution in [-0.2, 0) is 0 Å². The average molecular weight is 275 g/mol. The summed E-state index contributed by atoms with van der Waals surface area (Å²) in [5.41, 5.74) is 2.56. The number of piperazine rings is 1. The molecule has 2 rings (SSSR count). The molecule has 1 heterocycles. The van der Waals surface area contributed by atoms with Gasteiger partial charge >= 0.3 is 0 Å². The summed E-state index contributed by atoms with van der Waals surface area (Å²) in [6, 6.07) is 8.61. The van der Waals surface area contributed by atoms with Crippen LogP contribution in [0.3, 0.4) is 0 Å². The van der Waals surface area contributed by atoms with Gasteiger partial charge in [-0.3, -0.25) is 4.90 Å². The molecule has 1 saturated heterocycles. The lowest BCUT2D eigenvalue weighted by molar-refractivity contribution is 0.125. The molecular formula is C17H29N3. The van der Waals surface area contributed by atoms with Crippen molar-refractivity contribution in [3.05, 3.63) is 29.8 Å². The van der Waals surface area contributed by atoms with Crippen LogP contribution in [-0.4, -0.2) is 55.6 Å². The van der Waals surface area contributed by atoms with Crippen LogP contribution in [0.2, 0.25) is 0 Å². The van der Waals surface area contributed by atoms with E-state index in [4.69, 9.17) is 0 Å². The van der Waals surface area contributed by atoms with Crippen molar-refractivity contribution in [3.63, 3.8) is 0 Å². The van der Waals surface area contributed by atoms with Crippen LogP contribution in [0.15, 0.2) is 24.3 Å². The van der Waals surface area contributed by atoms with Crippen LogP contribution >= 0.6 is 0 Å². The van der Waals surface area contributed by atoms with E-state index < -0.39 is 0 Å². The number of nitrogens with zero attached hydrogens (tertiary/aromatic N) is 2. The Labute approximate surface area is 124 Å². The molecule has 0 atom stereocenters. The third-order valence-corrected chi connectivity index (χ3v) is 3.86.